The van der Waals surface area contributed by atoms with Gasteiger partial charge < -0.3 is 11.1 Å². The van der Waals surface area contributed by atoms with Crippen molar-refractivity contribution >= 4 is 11.6 Å². The molecule has 5 nitrogen and oxygen atoms in total. The Balaban J connectivity index is 1.90. The average molecular weight is 437 g/mol. The number of carbonyl (C=O) groups excluding carboxylic acids is 1. The first kappa shape index (κ1) is 22.0. The van der Waals surface area contributed by atoms with E-state index in [0.717, 1.165) is 47.2 Å². The first-order chi connectivity index (χ1) is 14.5. The molecule has 0 aliphatic rings. The molecule has 1 atom stereocenters. The second-order valence-corrected chi connectivity index (χ2v) is 6.80. The standard InChI is InChI=1S/C21H16F5N3O2/c1-11(13-6-14(21(24,25)26)8-16(27)7-13)28-20(31)12-2-5-19(30)29(10-12)18-9-15(22)3-4-17(18)23/h2-11H,27H2,1H3,(H,28,31)/t11-/m1/s1. The zero-order valence-corrected chi connectivity index (χ0v) is 16.0. The molecule has 1 heterocycles. The van der Waals surface area contributed by atoms with Gasteiger partial charge in [-0.1, -0.05) is 0 Å². The van der Waals surface area contributed by atoms with Gasteiger partial charge in [0.1, 0.15) is 11.6 Å². The van der Waals surface area contributed by atoms with Gasteiger partial charge in [-0.15, -0.1) is 0 Å². The zero-order chi connectivity index (χ0) is 22.9. The molecule has 0 aliphatic carbocycles. The number of carbonyl (C=O) groups is 1. The summed E-state index contributed by atoms with van der Waals surface area (Å²) in [5.41, 5.74) is 3.39. The van der Waals surface area contributed by atoms with Crippen molar-refractivity contribution in [2.45, 2.75) is 19.1 Å². The number of nitrogen functional groups attached to an aromatic ring is 1. The number of hydrogen-bond acceptors (Lipinski definition) is 3. The van der Waals surface area contributed by atoms with Crippen molar-refractivity contribution in [1.82, 2.24) is 9.88 Å². The van der Waals surface area contributed by atoms with Gasteiger partial charge in [-0.2, -0.15) is 13.2 Å². The molecule has 0 spiro atoms. The van der Waals surface area contributed by atoms with E-state index in [2.05, 4.69) is 5.32 Å². The Bertz CT molecular complexity index is 1200. The van der Waals surface area contributed by atoms with Crippen LogP contribution in [0.15, 0.2) is 59.5 Å². The van der Waals surface area contributed by atoms with E-state index < -0.39 is 46.6 Å². The number of nitrogens with zero attached hydrogens (tertiary/aromatic N) is 1. The van der Waals surface area contributed by atoms with Gasteiger partial charge in [0.05, 0.1) is 22.9 Å². The number of anilines is 1. The smallest absolute Gasteiger partial charge is 0.399 e. The van der Waals surface area contributed by atoms with E-state index >= 15 is 0 Å². The van der Waals surface area contributed by atoms with E-state index in [1.807, 2.05) is 0 Å². The summed E-state index contributed by atoms with van der Waals surface area (Å²) in [6.07, 6.45) is -3.60. The molecule has 0 unspecified atom stereocenters. The Labute approximate surface area is 172 Å². The van der Waals surface area contributed by atoms with Crippen LogP contribution < -0.4 is 16.6 Å². The quantitative estimate of drug-likeness (QED) is 0.474. The molecular formula is C21H16F5N3O2. The molecule has 31 heavy (non-hydrogen) atoms. The Morgan fingerprint density at radius 2 is 1.77 bits per heavy atom. The largest absolute Gasteiger partial charge is 0.416 e. The van der Waals surface area contributed by atoms with Crippen LogP contribution in [0.4, 0.5) is 27.6 Å². The fraction of sp³-hybridized carbons (Fsp3) is 0.143. The molecule has 0 fully saturated rings. The maximum atomic E-state index is 14.0. The summed E-state index contributed by atoms with van der Waals surface area (Å²) in [5, 5.41) is 2.50. The molecule has 162 valence electrons. The minimum absolute atomic E-state index is 0.0879. The molecule has 0 saturated heterocycles. The summed E-state index contributed by atoms with van der Waals surface area (Å²) in [6.45, 7) is 1.45. The van der Waals surface area contributed by atoms with Gasteiger partial charge in [-0.25, -0.2) is 8.78 Å². The molecule has 0 bridgehead atoms. The number of pyridine rings is 1. The molecule has 0 radical (unpaired) electrons. The summed E-state index contributed by atoms with van der Waals surface area (Å²) in [5.74, 6) is -2.41. The molecule has 10 heteroatoms. The number of alkyl halides is 3. The topological polar surface area (TPSA) is 77.1 Å². The van der Waals surface area contributed by atoms with E-state index in [4.69, 9.17) is 5.73 Å². The first-order valence-corrected chi connectivity index (χ1v) is 8.92. The van der Waals surface area contributed by atoms with E-state index in [9.17, 15) is 31.5 Å². The van der Waals surface area contributed by atoms with Crippen molar-refractivity contribution in [1.29, 1.82) is 0 Å². The van der Waals surface area contributed by atoms with Gasteiger partial charge in [-0.05, 0) is 48.9 Å². The second-order valence-electron chi connectivity index (χ2n) is 6.80. The van der Waals surface area contributed by atoms with E-state index in [-0.39, 0.29) is 16.8 Å². The normalized spacial score (nSPS) is 12.5. The first-order valence-electron chi connectivity index (χ1n) is 8.92. The van der Waals surface area contributed by atoms with Crippen LogP contribution >= 0.6 is 0 Å². The lowest BCUT2D eigenvalue weighted by Gasteiger charge is -2.18. The number of amides is 1. The predicted octanol–water partition coefficient (Wildman–Crippen LogP) is 4.21. The van der Waals surface area contributed by atoms with Crippen molar-refractivity contribution in [3.8, 4) is 5.69 Å². The summed E-state index contributed by atoms with van der Waals surface area (Å²) in [7, 11) is 0. The van der Waals surface area contributed by atoms with Crippen LogP contribution in [-0.2, 0) is 6.18 Å². The van der Waals surface area contributed by atoms with Gasteiger partial charge in [-0.3, -0.25) is 14.2 Å². The molecule has 2 aromatic carbocycles. The molecular weight excluding hydrogens is 421 g/mol. The fourth-order valence-electron chi connectivity index (χ4n) is 2.93. The molecule has 3 rings (SSSR count). The number of rotatable bonds is 4. The minimum Gasteiger partial charge on any atom is -0.399 e. The number of benzene rings is 2. The predicted molar refractivity (Wildman–Crippen MR) is 104 cm³/mol. The highest BCUT2D eigenvalue weighted by Gasteiger charge is 2.31. The number of aromatic nitrogens is 1. The number of halogens is 5. The average Bonchev–Trinajstić information content (AvgIpc) is 2.69. The Morgan fingerprint density at radius 1 is 1.06 bits per heavy atom. The van der Waals surface area contributed by atoms with Gasteiger partial charge in [0.2, 0.25) is 0 Å². The van der Waals surface area contributed by atoms with Crippen molar-refractivity contribution in [3.63, 3.8) is 0 Å². The Hall–Kier alpha value is -3.69. The number of hydrogen-bond donors (Lipinski definition) is 2. The van der Waals surface area contributed by atoms with Crippen molar-refractivity contribution < 1.29 is 26.7 Å². The molecule has 0 saturated carbocycles. The van der Waals surface area contributed by atoms with Crippen LogP contribution in [0.25, 0.3) is 5.69 Å². The SMILES string of the molecule is C[C@@H](NC(=O)c1ccc(=O)n(-c2cc(F)ccc2F)c1)c1cc(N)cc(C(F)(F)F)c1. The van der Waals surface area contributed by atoms with E-state index in [1.165, 1.54) is 19.1 Å². The highest BCUT2D eigenvalue weighted by Crippen LogP contribution is 2.32. The lowest BCUT2D eigenvalue weighted by Crippen LogP contribution is -2.29. The number of nitrogens with two attached hydrogens (primary N) is 1. The van der Waals surface area contributed by atoms with Crippen molar-refractivity contribution in [2.24, 2.45) is 0 Å². The summed E-state index contributed by atoms with van der Waals surface area (Å²) >= 11 is 0. The fourth-order valence-corrected chi connectivity index (χ4v) is 2.93. The van der Waals surface area contributed by atoms with Crippen LogP contribution in [0, 0.1) is 11.6 Å². The Morgan fingerprint density at radius 3 is 2.45 bits per heavy atom. The van der Waals surface area contributed by atoms with E-state index in [1.54, 1.807) is 0 Å². The lowest BCUT2D eigenvalue weighted by atomic mass is 10.0. The molecule has 3 N–H and O–H groups in total. The Kier molecular flexibility index (Phi) is 5.83. The highest BCUT2D eigenvalue weighted by molar-refractivity contribution is 5.94. The monoisotopic (exact) mass is 437 g/mol. The second kappa shape index (κ2) is 8.21. The third-order valence-electron chi connectivity index (χ3n) is 4.49. The summed E-state index contributed by atoms with van der Waals surface area (Å²) < 4.78 is 67.3. The van der Waals surface area contributed by atoms with Crippen molar-refractivity contribution in [2.75, 3.05) is 5.73 Å². The zero-order valence-electron chi connectivity index (χ0n) is 16.0. The maximum Gasteiger partial charge on any atom is 0.416 e. The van der Waals surface area contributed by atoms with Crippen LogP contribution in [-0.4, -0.2) is 10.5 Å². The van der Waals surface area contributed by atoms with Crippen LogP contribution in [0.5, 0.6) is 0 Å². The highest BCUT2D eigenvalue weighted by atomic mass is 19.4. The third kappa shape index (κ3) is 4.90. The third-order valence-corrected chi connectivity index (χ3v) is 4.49. The van der Waals surface area contributed by atoms with Crippen LogP contribution in [0.2, 0.25) is 0 Å². The molecule has 0 aliphatic heterocycles. The van der Waals surface area contributed by atoms with Gasteiger partial charge in [0, 0.05) is 24.0 Å². The summed E-state index contributed by atoms with van der Waals surface area (Å²) in [6, 6.07) is 6.74. The summed E-state index contributed by atoms with van der Waals surface area (Å²) in [4.78, 5) is 24.7. The maximum absolute atomic E-state index is 14.0. The van der Waals surface area contributed by atoms with E-state index in [0.29, 0.717) is 0 Å². The minimum atomic E-state index is -4.61. The van der Waals surface area contributed by atoms with Gasteiger partial charge in [0.15, 0.2) is 0 Å². The lowest BCUT2D eigenvalue weighted by molar-refractivity contribution is -0.137. The van der Waals surface area contributed by atoms with Crippen LogP contribution in [0.1, 0.15) is 34.5 Å². The van der Waals surface area contributed by atoms with Crippen LogP contribution in [0.3, 0.4) is 0 Å². The number of nitrogens with one attached hydrogen (secondary N) is 1. The molecule has 1 amide bonds. The van der Waals surface area contributed by atoms with Gasteiger partial charge >= 0.3 is 6.18 Å². The van der Waals surface area contributed by atoms with Gasteiger partial charge in [0.25, 0.3) is 11.5 Å². The van der Waals surface area contributed by atoms with Crippen molar-refractivity contribution in [3.05, 3.63) is 93.4 Å². The molecule has 1 aromatic heterocycles. The molecule has 3 aromatic rings.